The molecule has 0 radical (unpaired) electrons. The Balaban J connectivity index is 1.04. The van der Waals surface area contributed by atoms with Gasteiger partial charge in [-0.25, -0.2) is 0 Å². The van der Waals surface area contributed by atoms with Crippen LogP contribution in [0.5, 0.6) is 0 Å². The number of anilines is 3. The van der Waals surface area contributed by atoms with Crippen molar-refractivity contribution >= 4 is 33.3 Å². The first kappa shape index (κ1) is 25.5. The molecule has 2 saturated heterocycles. The van der Waals surface area contributed by atoms with Crippen molar-refractivity contribution in [2.24, 2.45) is 5.92 Å². The SMILES string of the molecule is Cc1cc(C)c(CN2CCC(CC(=O)Nc3nnc(N[C@@H]4CCN(c5cccnn5)C4)s3)CC2)c(C)c1. The number of hydrogen-bond acceptors (Lipinski definition) is 9. The minimum absolute atomic E-state index is 0.0288. The largest absolute Gasteiger partial charge is 0.355 e. The Labute approximate surface area is 222 Å². The van der Waals surface area contributed by atoms with Crippen LogP contribution in [-0.2, 0) is 11.3 Å². The predicted octanol–water partition coefficient (Wildman–Crippen LogP) is 4.18. The zero-order chi connectivity index (χ0) is 25.8. The zero-order valence-electron chi connectivity index (χ0n) is 21.9. The summed E-state index contributed by atoms with van der Waals surface area (Å²) in [4.78, 5) is 17.4. The van der Waals surface area contributed by atoms with Crippen molar-refractivity contribution in [3.63, 3.8) is 0 Å². The molecule has 2 aromatic heterocycles. The number of carbonyl (C=O) groups excluding carboxylic acids is 1. The van der Waals surface area contributed by atoms with E-state index < -0.39 is 0 Å². The lowest BCUT2D eigenvalue weighted by Gasteiger charge is -2.32. The van der Waals surface area contributed by atoms with E-state index in [1.807, 2.05) is 12.1 Å². The number of likely N-dealkylation sites (tertiary alicyclic amines) is 1. The van der Waals surface area contributed by atoms with Crippen molar-refractivity contribution in [2.45, 2.75) is 59.0 Å². The molecule has 10 heteroatoms. The van der Waals surface area contributed by atoms with Gasteiger partial charge in [-0.3, -0.25) is 9.69 Å². The monoisotopic (exact) mass is 520 g/mol. The Kier molecular flexibility index (Phi) is 7.95. The number of rotatable bonds is 8. The first-order valence-corrected chi connectivity index (χ1v) is 14.0. The molecule has 37 heavy (non-hydrogen) atoms. The van der Waals surface area contributed by atoms with Crippen molar-refractivity contribution in [3.05, 3.63) is 52.7 Å². The van der Waals surface area contributed by atoms with E-state index in [0.717, 1.165) is 62.9 Å². The maximum absolute atomic E-state index is 12.7. The van der Waals surface area contributed by atoms with Gasteiger partial charge in [0.2, 0.25) is 16.2 Å². The van der Waals surface area contributed by atoms with Gasteiger partial charge in [-0.2, -0.15) is 5.10 Å². The molecule has 5 rings (SSSR count). The molecule has 9 nitrogen and oxygen atoms in total. The lowest BCUT2D eigenvalue weighted by molar-refractivity contribution is -0.117. The summed E-state index contributed by atoms with van der Waals surface area (Å²) in [7, 11) is 0. The molecule has 0 spiro atoms. The maximum atomic E-state index is 12.7. The highest BCUT2D eigenvalue weighted by atomic mass is 32.1. The standard InChI is InChI=1S/C27H36N8OS/c1-18-13-19(2)23(20(3)14-18)17-34-10-6-21(7-11-34)15-25(36)30-27-33-32-26(37-27)29-22-8-12-35(16-22)24-5-4-9-28-31-24/h4-5,9,13-14,21-22H,6-8,10-12,15-17H2,1-3H3,(H,29,32)(H,30,33,36)/t22-/m1/s1. The minimum Gasteiger partial charge on any atom is -0.355 e. The van der Waals surface area contributed by atoms with Crippen molar-refractivity contribution in [3.8, 4) is 0 Å². The van der Waals surface area contributed by atoms with E-state index >= 15 is 0 Å². The number of nitrogens with one attached hydrogen (secondary N) is 2. The highest BCUT2D eigenvalue weighted by Gasteiger charge is 2.25. The molecule has 2 aliphatic rings. The molecular weight excluding hydrogens is 484 g/mol. The number of aryl methyl sites for hydroxylation is 3. The van der Waals surface area contributed by atoms with Crippen LogP contribution in [0, 0.1) is 26.7 Å². The fraction of sp³-hybridized carbons (Fsp3) is 0.519. The van der Waals surface area contributed by atoms with Crippen LogP contribution < -0.4 is 15.5 Å². The Bertz CT molecular complexity index is 1190. The highest BCUT2D eigenvalue weighted by Crippen LogP contribution is 2.27. The van der Waals surface area contributed by atoms with Crippen LogP contribution in [0.15, 0.2) is 30.5 Å². The molecule has 196 valence electrons. The van der Waals surface area contributed by atoms with Gasteiger partial charge in [-0.15, -0.1) is 15.3 Å². The second-order valence-electron chi connectivity index (χ2n) is 10.4. The van der Waals surface area contributed by atoms with E-state index in [0.29, 0.717) is 17.5 Å². The van der Waals surface area contributed by atoms with Crippen LogP contribution in [0.2, 0.25) is 0 Å². The summed E-state index contributed by atoms with van der Waals surface area (Å²) in [6.07, 6.45) is 5.30. The van der Waals surface area contributed by atoms with Crippen LogP contribution in [-0.4, -0.2) is 63.4 Å². The Morgan fingerprint density at radius 2 is 1.78 bits per heavy atom. The van der Waals surface area contributed by atoms with E-state index in [-0.39, 0.29) is 11.9 Å². The van der Waals surface area contributed by atoms with E-state index in [1.54, 1.807) is 6.20 Å². The van der Waals surface area contributed by atoms with Gasteiger partial charge < -0.3 is 15.5 Å². The predicted molar refractivity (Wildman–Crippen MR) is 148 cm³/mol. The van der Waals surface area contributed by atoms with Gasteiger partial charge in [0.1, 0.15) is 0 Å². The van der Waals surface area contributed by atoms with Crippen molar-refractivity contribution in [1.82, 2.24) is 25.3 Å². The molecule has 3 aromatic rings. The summed E-state index contributed by atoms with van der Waals surface area (Å²) in [5, 5.41) is 24.3. The van der Waals surface area contributed by atoms with Crippen LogP contribution in [0.1, 0.15) is 47.9 Å². The first-order chi connectivity index (χ1) is 17.9. The Morgan fingerprint density at radius 3 is 2.51 bits per heavy atom. The normalized spacial score (nSPS) is 18.8. The second-order valence-corrected chi connectivity index (χ2v) is 11.4. The molecule has 0 saturated carbocycles. The molecule has 0 aliphatic carbocycles. The quantitative estimate of drug-likeness (QED) is 0.456. The average Bonchev–Trinajstić information content (AvgIpc) is 3.53. The van der Waals surface area contributed by atoms with Gasteiger partial charge in [0, 0.05) is 38.3 Å². The highest BCUT2D eigenvalue weighted by molar-refractivity contribution is 7.19. The van der Waals surface area contributed by atoms with Crippen LogP contribution in [0.3, 0.4) is 0 Å². The average molecular weight is 521 g/mol. The van der Waals surface area contributed by atoms with Crippen LogP contribution >= 0.6 is 11.3 Å². The van der Waals surface area contributed by atoms with E-state index in [9.17, 15) is 4.79 Å². The number of nitrogens with zero attached hydrogens (tertiary/aromatic N) is 6. The van der Waals surface area contributed by atoms with E-state index in [2.05, 4.69) is 73.7 Å². The van der Waals surface area contributed by atoms with Crippen molar-refractivity contribution < 1.29 is 4.79 Å². The fourth-order valence-corrected chi connectivity index (χ4v) is 6.26. The molecule has 0 unspecified atom stereocenters. The number of amides is 1. The maximum Gasteiger partial charge on any atom is 0.226 e. The summed E-state index contributed by atoms with van der Waals surface area (Å²) in [6, 6.07) is 8.69. The molecular formula is C27H36N8OS. The Morgan fingerprint density at radius 1 is 1.03 bits per heavy atom. The second kappa shape index (κ2) is 11.5. The lowest BCUT2D eigenvalue weighted by atomic mass is 9.92. The van der Waals surface area contributed by atoms with Gasteiger partial charge in [0.15, 0.2) is 5.82 Å². The van der Waals surface area contributed by atoms with Crippen molar-refractivity contribution in [1.29, 1.82) is 0 Å². The molecule has 1 atom stereocenters. The topological polar surface area (TPSA) is 99.2 Å². The molecule has 0 bridgehead atoms. The summed E-state index contributed by atoms with van der Waals surface area (Å²) >= 11 is 1.39. The Hall–Kier alpha value is -3.11. The van der Waals surface area contributed by atoms with Crippen molar-refractivity contribution in [2.75, 3.05) is 41.7 Å². The van der Waals surface area contributed by atoms with Gasteiger partial charge in [-0.05, 0) is 87.9 Å². The molecule has 2 fully saturated rings. The third-order valence-corrected chi connectivity index (χ3v) is 8.24. The van der Waals surface area contributed by atoms with Gasteiger partial charge >= 0.3 is 0 Å². The molecule has 1 aromatic carbocycles. The molecule has 2 aliphatic heterocycles. The number of piperidine rings is 1. The summed E-state index contributed by atoms with van der Waals surface area (Å²) in [5.74, 6) is 1.33. The molecule has 1 amide bonds. The number of aromatic nitrogens is 4. The summed E-state index contributed by atoms with van der Waals surface area (Å²) in [6.45, 7) is 11.4. The molecule has 2 N–H and O–H groups in total. The van der Waals surface area contributed by atoms with Gasteiger partial charge in [0.05, 0.1) is 0 Å². The third-order valence-electron chi connectivity index (χ3n) is 7.47. The number of hydrogen-bond donors (Lipinski definition) is 2. The first-order valence-electron chi connectivity index (χ1n) is 13.1. The zero-order valence-corrected chi connectivity index (χ0v) is 22.7. The number of benzene rings is 1. The lowest BCUT2D eigenvalue weighted by Crippen LogP contribution is -2.34. The summed E-state index contributed by atoms with van der Waals surface area (Å²) in [5.41, 5.74) is 5.52. The van der Waals surface area contributed by atoms with Crippen LogP contribution in [0.25, 0.3) is 0 Å². The van der Waals surface area contributed by atoms with Crippen LogP contribution in [0.4, 0.5) is 16.1 Å². The van der Waals surface area contributed by atoms with Gasteiger partial charge in [0.25, 0.3) is 0 Å². The molecule has 4 heterocycles. The van der Waals surface area contributed by atoms with E-state index in [4.69, 9.17) is 0 Å². The van der Waals surface area contributed by atoms with E-state index in [1.165, 1.54) is 33.6 Å². The smallest absolute Gasteiger partial charge is 0.226 e. The van der Waals surface area contributed by atoms with Gasteiger partial charge in [-0.1, -0.05) is 29.0 Å². The number of carbonyl (C=O) groups is 1. The summed E-state index contributed by atoms with van der Waals surface area (Å²) < 4.78 is 0. The minimum atomic E-state index is 0.0288. The third kappa shape index (κ3) is 6.61. The fourth-order valence-electron chi connectivity index (χ4n) is 5.52.